The summed E-state index contributed by atoms with van der Waals surface area (Å²) in [5.41, 5.74) is -0.467. The molecular formula is C15H20FNO5. The molecule has 1 aromatic rings. The molecular weight excluding hydrogens is 293 g/mol. The maximum atomic E-state index is 13.8. The minimum absolute atomic E-state index is 0.0353. The van der Waals surface area contributed by atoms with Gasteiger partial charge in [0.15, 0.2) is 11.6 Å². The standard InChI is InChI=1S/C15H20FNO5/c1-15(2,3)21-14(19)10(8-13(18)22-17)9-5-6-12(20-4)11(16)7-9/h5-7,10H,8,17H2,1-4H3. The average molecular weight is 313 g/mol. The summed E-state index contributed by atoms with van der Waals surface area (Å²) in [4.78, 5) is 27.7. The van der Waals surface area contributed by atoms with Gasteiger partial charge in [-0.3, -0.25) is 9.59 Å². The first-order valence-electron chi connectivity index (χ1n) is 6.63. The van der Waals surface area contributed by atoms with Crippen molar-refractivity contribution >= 4 is 11.9 Å². The number of esters is 1. The molecule has 0 aliphatic rings. The normalized spacial score (nSPS) is 12.5. The van der Waals surface area contributed by atoms with E-state index < -0.39 is 29.3 Å². The van der Waals surface area contributed by atoms with Gasteiger partial charge in [-0.15, -0.1) is 0 Å². The Hall–Kier alpha value is -2.15. The number of nitrogens with two attached hydrogens (primary N) is 1. The molecule has 0 aliphatic heterocycles. The summed E-state index contributed by atoms with van der Waals surface area (Å²) < 4.78 is 23.9. The Labute approximate surface area is 128 Å². The van der Waals surface area contributed by atoms with E-state index in [1.807, 2.05) is 0 Å². The third-order valence-electron chi connectivity index (χ3n) is 2.77. The van der Waals surface area contributed by atoms with Gasteiger partial charge in [-0.2, -0.15) is 5.90 Å². The Morgan fingerprint density at radius 3 is 2.41 bits per heavy atom. The van der Waals surface area contributed by atoms with Gasteiger partial charge in [0.2, 0.25) is 0 Å². The molecule has 0 aliphatic carbocycles. The average Bonchev–Trinajstić information content (AvgIpc) is 2.42. The number of carbonyl (C=O) groups excluding carboxylic acids is 2. The van der Waals surface area contributed by atoms with Crippen molar-refractivity contribution in [2.45, 2.75) is 38.7 Å². The molecule has 6 nitrogen and oxygen atoms in total. The molecule has 0 saturated heterocycles. The first-order chi connectivity index (χ1) is 10.2. The van der Waals surface area contributed by atoms with E-state index in [4.69, 9.17) is 15.4 Å². The van der Waals surface area contributed by atoms with Crippen LogP contribution in [0.5, 0.6) is 5.75 Å². The lowest BCUT2D eigenvalue weighted by molar-refractivity contribution is -0.160. The highest BCUT2D eigenvalue weighted by Crippen LogP contribution is 2.28. The number of benzene rings is 1. The lowest BCUT2D eigenvalue weighted by Gasteiger charge is -2.23. The Balaban J connectivity index is 3.11. The van der Waals surface area contributed by atoms with Crippen LogP contribution in [0.1, 0.15) is 38.7 Å². The van der Waals surface area contributed by atoms with Crippen LogP contribution in [0.3, 0.4) is 0 Å². The Kier molecular flexibility index (Phi) is 5.87. The fourth-order valence-corrected chi connectivity index (χ4v) is 1.82. The zero-order valence-corrected chi connectivity index (χ0v) is 13.0. The molecule has 0 heterocycles. The molecule has 7 heteroatoms. The van der Waals surface area contributed by atoms with Crippen molar-refractivity contribution < 1.29 is 28.3 Å². The Morgan fingerprint density at radius 2 is 1.95 bits per heavy atom. The van der Waals surface area contributed by atoms with Crippen LogP contribution in [-0.4, -0.2) is 24.6 Å². The summed E-state index contributed by atoms with van der Waals surface area (Å²) >= 11 is 0. The molecule has 2 N–H and O–H groups in total. The lowest BCUT2D eigenvalue weighted by atomic mass is 9.95. The van der Waals surface area contributed by atoms with Crippen LogP contribution in [0.15, 0.2) is 18.2 Å². The summed E-state index contributed by atoms with van der Waals surface area (Å²) in [6.45, 7) is 5.08. The molecule has 1 rings (SSSR count). The third kappa shape index (κ3) is 5.00. The van der Waals surface area contributed by atoms with Gasteiger partial charge >= 0.3 is 11.9 Å². The van der Waals surface area contributed by atoms with Crippen molar-refractivity contribution in [1.82, 2.24) is 0 Å². The zero-order chi connectivity index (χ0) is 16.9. The second-order valence-electron chi connectivity index (χ2n) is 5.67. The summed E-state index contributed by atoms with van der Waals surface area (Å²) in [5, 5.41) is 0. The van der Waals surface area contributed by atoms with E-state index in [2.05, 4.69) is 4.84 Å². The fourth-order valence-electron chi connectivity index (χ4n) is 1.82. The molecule has 0 fully saturated rings. The van der Waals surface area contributed by atoms with Crippen molar-refractivity contribution in [3.05, 3.63) is 29.6 Å². The highest BCUT2D eigenvalue weighted by Gasteiger charge is 2.30. The maximum Gasteiger partial charge on any atom is 0.325 e. The number of carbonyl (C=O) groups is 2. The molecule has 22 heavy (non-hydrogen) atoms. The van der Waals surface area contributed by atoms with Gasteiger partial charge in [0.1, 0.15) is 5.60 Å². The van der Waals surface area contributed by atoms with E-state index in [1.165, 1.54) is 19.2 Å². The monoisotopic (exact) mass is 313 g/mol. The minimum atomic E-state index is -1.02. The van der Waals surface area contributed by atoms with Gasteiger partial charge in [0.25, 0.3) is 0 Å². The number of halogens is 1. The highest BCUT2D eigenvalue weighted by atomic mass is 19.1. The van der Waals surface area contributed by atoms with Crippen LogP contribution < -0.4 is 10.6 Å². The molecule has 0 amide bonds. The number of ether oxygens (including phenoxy) is 2. The predicted molar refractivity (Wildman–Crippen MR) is 76.4 cm³/mol. The molecule has 1 atom stereocenters. The quantitative estimate of drug-likeness (QED) is 0.661. The van der Waals surface area contributed by atoms with Crippen molar-refractivity contribution in [2.75, 3.05) is 7.11 Å². The number of hydrogen-bond acceptors (Lipinski definition) is 6. The molecule has 0 saturated carbocycles. The highest BCUT2D eigenvalue weighted by molar-refractivity contribution is 5.84. The summed E-state index contributed by atoms with van der Waals surface area (Å²) in [5.74, 6) is 1.72. The zero-order valence-electron chi connectivity index (χ0n) is 13.0. The van der Waals surface area contributed by atoms with E-state index in [1.54, 1.807) is 20.8 Å². The molecule has 0 spiro atoms. The van der Waals surface area contributed by atoms with E-state index >= 15 is 0 Å². The van der Waals surface area contributed by atoms with Crippen LogP contribution >= 0.6 is 0 Å². The van der Waals surface area contributed by atoms with E-state index in [9.17, 15) is 14.0 Å². The first kappa shape index (κ1) is 17.9. The maximum absolute atomic E-state index is 13.8. The van der Waals surface area contributed by atoms with Gasteiger partial charge in [0, 0.05) is 0 Å². The molecule has 0 bridgehead atoms. The minimum Gasteiger partial charge on any atom is -0.494 e. The topological polar surface area (TPSA) is 87.9 Å². The first-order valence-corrected chi connectivity index (χ1v) is 6.63. The van der Waals surface area contributed by atoms with Crippen LogP contribution in [0.25, 0.3) is 0 Å². The van der Waals surface area contributed by atoms with Gasteiger partial charge in [0.05, 0.1) is 19.4 Å². The number of hydrogen-bond donors (Lipinski definition) is 1. The van der Waals surface area contributed by atoms with Crippen molar-refractivity contribution in [3.8, 4) is 5.75 Å². The van der Waals surface area contributed by atoms with Crippen LogP contribution in [0, 0.1) is 5.82 Å². The largest absolute Gasteiger partial charge is 0.494 e. The number of rotatable bonds is 5. The second-order valence-corrected chi connectivity index (χ2v) is 5.67. The number of methoxy groups -OCH3 is 1. The second kappa shape index (κ2) is 7.22. The smallest absolute Gasteiger partial charge is 0.325 e. The molecule has 0 radical (unpaired) electrons. The molecule has 1 aromatic carbocycles. The molecule has 122 valence electrons. The van der Waals surface area contributed by atoms with Crippen LogP contribution in [0.4, 0.5) is 4.39 Å². The van der Waals surface area contributed by atoms with E-state index in [0.717, 1.165) is 6.07 Å². The van der Waals surface area contributed by atoms with Crippen molar-refractivity contribution in [2.24, 2.45) is 5.90 Å². The lowest BCUT2D eigenvalue weighted by Crippen LogP contribution is -2.29. The van der Waals surface area contributed by atoms with E-state index in [0.29, 0.717) is 0 Å². The summed E-state index contributed by atoms with van der Waals surface area (Å²) in [6.07, 6.45) is -0.350. The van der Waals surface area contributed by atoms with Gasteiger partial charge in [-0.1, -0.05) is 6.07 Å². The van der Waals surface area contributed by atoms with Gasteiger partial charge in [-0.05, 0) is 38.5 Å². The fraction of sp³-hybridized carbons (Fsp3) is 0.467. The SMILES string of the molecule is COc1ccc(C(CC(=O)ON)C(=O)OC(C)(C)C)cc1F. The molecule has 0 aromatic heterocycles. The van der Waals surface area contributed by atoms with Crippen molar-refractivity contribution in [1.29, 1.82) is 0 Å². The third-order valence-corrected chi connectivity index (χ3v) is 2.77. The van der Waals surface area contributed by atoms with Gasteiger partial charge in [-0.25, -0.2) is 4.39 Å². The van der Waals surface area contributed by atoms with Crippen LogP contribution in [-0.2, 0) is 19.2 Å². The summed E-state index contributed by atoms with van der Waals surface area (Å²) in [6, 6.07) is 3.98. The van der Waals surface area contributed by atoms with Crippen LogP contribution in [0.2, 0.25) is 0 Å². The molecule has 1 unspecified atom stereocenters. The van der Waals surface area contributed by atoms with E-state index in [-0.39, 0.29) is 17.7 Å². The Bertz CT molecular complexity index is 553. The summed E-state index contributed by atoms with van der Waals surface area (Å²) in [7, 11) is 1.33. The van der Waals surface area contributed by atoms with Gasteiger partial charge < -0.3 is 14.3 Å². The van der Waals surface area contributed by atoms with Crippen molar-refractivity contribution in [3.63, 3.8) is 0 Å². The Morgan fingerprint density at radius 1 is 1.32 bits per heavy atom. The predicted octanol–water partition coefficient (Wildman–Crippen LogP) is 2.07.